The van der Waals surface area contributed by atoms with E-state index in [1.807, 2.05) is 6.07 Å². The second-order valence-electron chi connectivity index (χ2n) is 6.08. The van der Waals surface area contributed by atoms with Crippen LogP contribution in [-0.4, -0.2) is 11.0 Å². The molecule has 3 aliphatic rings. The molecule has 1 aromatic carbocycles. The second kappa shape index (κ2) is 4.07. The molecule has 0 spiro atoms. The molecule has 0 saturated heterocycles. The fourth-order valence-electron chi connectivity index (χ4n) is 4.43. The molecule has 3 aliphatic carbocycles. The molecule has 0 heterocycles. The van der Waals surface area contributed by atoms with Gasteiger partial charge in [-0.2, -0.15) is 0 Å². The summed E-state index contributed by atoms with van der Waals surface area (Å²) in [6, 6.07) is 5.73. The number of nitrogens with zero attached hydrogens (tertiary/aromatic N) is 1. The van der Waals surface area contributed by atoms with Crippen molar-refractivity contribution in [2.45, 2.75) is 25.3 Å². The summed E-state index contributed by atoms with van der Waals surface area (Å²) in [6.45, 7) is 0. The van der Waals surface area contributed by atoms with Gasteiger partial charge in [-0.05, 0) is 71.6 Å². The van der Waals surface area contributed by atoms with Crippen molar-refractivity contribution in [2.75, 3.05) is 5.32 Å². The maximum Gasteiger partial charge on any atom is 0.270 e. The van der Waals surface area contributed by atoms with Gasteiger partial charge in [0.05, 0.1) is 4.92 Å². The molecule has 2 bridgehead atoms. The molecule has 3 fully saturated rings. The SMILES string of the molecule is O=[N+]([O-])c1ccc(NC2C3C4CCC(C4)C23)c(I)c1. The van der Waals surface area contributed by atoms with Crippen molar-refractivity contribution in [3.05, 3.63) is 31.9 Å². The van der Waals surface area contributed by atoms with E-state index in [0.717, 1.165) is 32.9 Å². The minimum absolute atomic E-state index is 0.172. The number of benzene rings is 1. The minimum Gasteiger partial charge on any atom is -0.381 e. The van der Waals surface area contributed by atoms with E-state index in [1.54, 1.807) is 12.1 Å². The fraction of sp³-hybridized carbons (Fsp3) is 0.571. The lowest BCUT2D eigenvalue weighted by Gasteiger charge is -2.13. The summed E-state index contributed by atoms with van der Waals surface area (Å²) in [5, 5.41) is 14.4. The topological polar surface area (TPSA) is 55.2 Å². The summed E-state index contributed by atoms with van der Waals surface area (Å²) < 4.78 is 0.948. The summed E-state index contributed by atoms with van der Waals surface area (Å²) in [4.78, 5) is 10.4. The number of halogens is 1. The molecule has 4 atom stereocenters. The Morgan fingerprint density at radius 1 is 1.26 bits per heavy atom. The Morgan fingerprint density at radius 2 is 1.95 bits per heavy atom. The van der Waals surface area contributed by atoms with E-state index in [-0.39, 0.29) is 10.6 Å². The van der Waals surface area contributed by atoms with Crippen molar-refractivity contribution in [3.8, 4) is 0 Å². The zero-order valence-corrected chi connectivity index (χ0v) is 12.5. The molecule has 3 saturated carbocycles. The Kier molecular flexibility index (Phi) is 2.56. The molecule has 4 nitrogen and oxygen atoms in total. The van der Waals surface area contributed by atoms with Crippen LogP contribution in [0.5, 0.6) is 0 Å². The van der Waals surface area contributed by atoms with Crippen LogP contribution in [0.4, 0.5) is 11.4 Å². The number of hydrogen-bond acceptors (Lipinski definition) is 3. The molecule has 4 rings (SSSR count). The van der Waals surface area contributed by atoms with Crippen LogP contribution in [-0.2, 0) is 0 Å². The highest BCUT2D eigenvalue weighted by Gasteiger charge is 2.65. The smallest absolute Gasteiger partial charge is 0.270 e. The second-order valence-corrected chi connectivity index (χ2v) is 7.24. The Morgan fingerprint density at radius 3 is 2.53 bits per heavy atom. The molecule has 0 aliphatic heterocycles. The molecular formula is C14H15IN2O2. The third-order valence-electron chi connectivity index (χ3n) is 5.22. The van der Waals surface area contributed by atoms with E-state index >= 15 is 0 Å². The van der Waals surface area contributed by atoms with E-state index < -0.39 is 0 Å². The van der Waals surface area contributed by atoms with Crippen molar-refractivity contribution in [2.24, 2.45) is 23.7 Å². The Bertz CT molecular complexity index is 546. The van der Waals surface area contributed by atoms with Crippen LogP contribution < -0.4 is 5.32 Å². The van der Waals surface area contributed by atoms with Crippen LogP contribution in [0, 0.1) is 37.4 Å². The normalized spacial score (nSPS) is 38.1. The standard InChI is InChI=1S/C14H15IN2O2/c15-10-6-9(17(18)19)3-4-11(10)16-14-12-7-1-2-8(5-7)13(12)14/h3-4,6-8,12-14,16H,1-2,5H2. The van der Waals surface area contributed by atoms with Gasteiger partial charge in [0.1, 0.15) is 0 Å². The van der Waals surface area contributed by atoms with Crippen molar-refractivity contribution in [1.82, 2.24) is 0 Å². The average molecular weight is 370 g/mol. The number of nitro benzene ring substituents is 1. The van der Waals surface area contributed by atoms with Crippen LogP contribution in [0.3, 0.4) is 0 Å². The zero-order valence-electron chi connectivity index (χ0n) is 10.4. The molecule has 1 aromatic rings. The van der Waals surface area contributed by atoms with E-state index in [9.17, 15) is 10.1 Å². The van der Waals surface area contributed by atoms with E-state index in [1.165, 1.54) is 19.3 Å². The lowest BCUT2D eigenvalue weighted by molar-refractivity contribution is -0.384. The van der Waals surface area contributed by atoms with Crippen molar-refractivity contribution < 1.29 is 4.92 Å². The van der Waals surface area contributed by atoms with Gasteiger partial charge < -0.3 is 5.32 Å². The van der Waals surface area contributed by atoms with Crippen molar-refractivity contribution >= 4 is 34.0 Å². The lowest BCUT2D eigenvalue weighted by atomic mass is 10.0. The quantitative estimate of drug-likeness (QED) is 0.502. The number of nitro groups is 1. The Hall–Kier alpha value is -0.850. The monoisotopic (exact) mass is 370 g/mol. The van der Waals surface area contributed by atoms with Crippen LogP contribution in [0.2, 0.25) is 0 Å². The fourth-order valence-corrected chi connectivity index (χ4v) is 5.09. The van der Waals surface area contributed by atoms with Gasteiger partial charge >= 0.3 is 0 Å². The van der Waals surface area contributed by atoms with E-state index in [4.69, 9.17) is 0 Å². The number of nitrogens with one attached hydrogen (secondary N) is 1. The molecule has 19 heavy (non-hydrogen) atoms. The predicted molar refractivity (Wildman–Crippen MR) is 81.0 cm³/mol. The number of anilines is 1. The third kappa shape index (κ3) is 1.77. The number of non-ortho nitro benzene ring substituents is 1. The van der Waals surface area contributed by atoms with E-state index in [2.05, 4.69) is 27.9 Å². The number of hydrogen-bond donors (Lipinski definition) is 1. The highest BCUT2D eigenvalue weighted by atomic mass is 127. The van der Waals surface area contributed by atoms with Crippen molar-refractivity contribution in [1.29, 1.82) is 0 Å². The minimum atomic E-state index is -0.335. The lowest BCUT2D eigenvalue weighted by Crippen LogP contribution is -2.13. The molecular weight excluding hydrogens is 355 g/mol. The summed E-state index contributed by atoms with van der Waals surface area (Å²) in [5.74, 6) is 3.65. The van der Waals surface area contributed by atoms with Crippen molar-refractivity contribution in [3.63, 3.8) is 0 Å². The van der Waals surface area contributed by atoms with Gasteiger partial charge in [-0.25, -0.2) is 0 Å². The summed E-state index contributed by atoms with van der Waals surface area (Å²) >= 11 is 2.18. The van der Waals surface area contributed by atoms with Gasteiger partial charge in [0, 0.05) is 27.4 Å². The third-order valence-corrected chi connectivity index (χ3v) is 6.11. The molecule has 5 heteroatoms. The summed E-state index contributed by atoms with van der Waals surface area (Å²) in [6.07, 6.45) is 4.29. The van der Waals surface area contributed by atoms with Gasteiger partial charge in [0.15, 0.2) is 0 Å². The Balaban J connectivity index is 1.51. The molecule has 1 N–H and O–H groups in total. The largest absolute Gasteiger partial charge is 0.381 e. The maximum atomic E-state index is 10.7. The first-order chi connectivity index (χ1) is 9.15. The zero-order chi connectivity index (χ0) is 13.1. The van der Waals surface area contributed by atoms with Gasteiger partial charge in [0.25, 0.3) is 5.69 Å². The molecule has 0 radical (unpaired) electrons. The maximum absolute atomic E-state index is 10.7. The van der Waals surface area contributed by atoms with Gasteiger partial charge in [-0.15, -0.1) is 0 Å². The molecule has 0 aromatic heterocycles. The summed E-state index contributed by atoms with van der Waals surface area (Å²) in [7, 11) is 0. The van der Waals surface area contributed by atoms with Gasteiger partial charge in [0.2, 0.25) is 0 Å². The highest BCUT2D eigenvalue weighted by molar-refractivity contribution is 14.1. The molecule has 4 unspecified atom stereocenters. The highest BCUT2D eigenvalue weighted by Crippen LogP contribution is 2.66. The molecule has 100 valence electrons. The van der Waals surface area contributed by atoms with Crippen LogP contribution >= 0.6 is 22.6 Å². The molecule has 0 amide bonds. The first-order valence-corrected chi connectivity index (χ1v) is 7.93. The Labute approximate surface area is 125 Å². The summed E-state index contributed by atoms with van der Waals surface area (Å²) in [5.41, 5.74) is 1.23. The average Bonchev–Trinajstić information content (AvgIpc) is 2.79. The van der Waals surface area contributed by atoms with Gasteiger partial charge in [-0.3, -0.25) is 10.1 Å². The van der Waals surface area contributed by atoms with Crippen LogP contribution in [0.25, 0.3) is 0 Å². The van der Waals surface area contributed by atoms with E-state index in [0.29, 0.717) is 6.04 Å². The first kappa shape index (κ1) is 11.9. The van der Waals surface area contributed by atoms with Gasteiger partial charge in [-0.1, -0.05) is 0 Å². The number of rotatable bonds is 3. The van der Waals surface area contributed by atoms with Crippen LogP contribution in [0.1, 0.15) is 19.3 Å². The number of fused-ring (bicyclic) bond motifs is 5. The first-order valence-electron chi connectivity index (χ1n) is 6.85. The predicted octanol–water partition coefficient (Wildman–Crippen LogP) is 3.66. The van der Waals surface area contributed by atoms with Crippen LogP contribution in [0.15, 0.2) is 18.2 Å².